The van der Waals surface area contributed by atoms with Crippen molar-refractivity contribution >= 4 is 22.8 Å². The van der Waals surface area contributed by atoms with E-state index in [-0.39, 0.29) is 0 Å². The van der Waals surface area contributed by atoms with Crippen molar-refractivity contribution in [2.24, 2.45) is 0 Å². The van der Waals surface area contributed by atoms with Crippen molar-refractivity contribution in [3.63, 3.8) is 0 Å². The Labute approximate surface area is 100 Å². The molecule has 0 atom stereocenters. The Morgan fingerprint density at radius 2 is 2.06 bits per heavy atom. The summed E-state index contributed by atoms with van der Waals surface area (Å²) >= 11 is 0. The number of hydrogen-bond acceptors (Lipinski definition) is 1. The van der Waals surface area contributed by atoms with Crippen LogP contribution in [0.2, 0.25) is 0 Å². The third kappa shape index (κ3) is 1.70. The lowest BCUT2D eigenvalue weighted by Gasteiger charge is -1.97. The summed E-state index contributed by atoms with van der Waals surface area (Å²) in [6.07, 6.45) is 4.72. The van der Waals surface area contributed by atoms with Crippen LogP contribution in [0.5, 0.6) is 0 Å². The zero-order chi connectivity index (χ0) is 11.8. The van der Waals surface area contributed by atoms with Gasteiger partial charge in [-0.3, -0.25) is 4.79 Å². The van der Waals surface area contributed by atoms with Gasteiger partial charge >= 0.3 is 0 Å². The number of para-hydroxylation sites is 1. The lowest BCUT2D eigenvalue weighted by molar-refractivity contribution is -0.114. The SMILES string of the molecule is Cc1[nH]c2ccccc2c1C=C1CCCC1=O. The summed E-state index contributed by atoms with van der Waals surface area (Å²) in [6, 6.07) is 8.23. The second kappa shape index (κ2) is 3.88. The van der Waals surface area contributed by atoms with Gasteiger partial charge in [-0.05, 0) is 37.5 Å². The van der Waals surface area contributed by atoms with Crippen LogP contribution in [0.1, 0.15) is 30.5 Å². The number of nitrogens with one attached hydrogen (secondary N) is 1. The van der Waals surface area contributed by atoms with Crippen molar-refractivity contribution < 1.29 is 4.79 Å². The molecular formula is C15H15NO. The summed E-state index contributed by atoms with van der Waals surface area (Å²) < 4.78 is 0. The average molecular weight is 225 g/mol. The molecule has 0 radical (unpaired) electrons. The maximum Gasteiger partial charge on any atom is 0.158 e. The number of ketones is 1. The summed E-state index contributed by atoms with van der Waals surface area (Å²) in [7, 11) is 0. The number of rotatable bonds is 1. The Balaban J connectivity index is 2.17. The summed E-state index contributed by atoms with van der Waals surface area (Å²) in [5.74, 6) is 0.315. The first-order valence-corrected chi connectivity index (χ1v) is 6.07. The van der Waals surface area contributed by atoms with Gasteiger partial charge in [0.15, 0.2) is 5.78 Å². The van der Waals surface area contributed by atoms with Crippen LogP contribution in [-0.2, 0) is 4.79 Å². The van der Waals surface area contributed by atoms with Crippen molar-refractivity contribution in [3.8, 4) is 0 Å². The van der Waals surface area contributed by atoms with Gasteiger partial charge in [-0.1, -0.05) is 18.2 Å². The van der Waals surface area contributed by atoms with E-state index in [2.05, 4.69) is 30.1 Å². The molecule has 1 aliphatic carbocycles. The summed E-state index contributed by atoms with van der Waals surface area (Å²) in [5, 5.41) is 1.21. The fraction of sp³-hybridized carbons (Fsp3) is 0.267. The molecule has 1 aromatic carbocycles. The molecule has 0 spiro atoms. The van der Waals surface area contributed by atoms with Crippen LogP contribution >= 0.6 is 0 Å². The van der Waals surface area contributed by atoms with Crippen LogP contribution in [0.15, 0.2) is 29.8 Å². The Morgan fingerprint density at radius 3 is 2.82 bits per heavy atom. The molecule has 0 amide bonds. The molecule has 17 heavy (non-hydrogen) atoms. The summed E-state index contributed by atoms with van der Waals surface area (Å²) in [5.41, 5.74) is 4.43. The van der Waals surface area contributed by atoms with Gasteiger partial charge in [0, 0.05) is 28.6 Å². The topological polar surface area (TPSA) is 32.9 Å². The smallest absolute Gasteiger partial charge is 0.158 e. The molecule has 1 saturated carbocycles. The minimum atomic E-state index is 0.315. The second-order valence-corrected chi connectivity index (χ2v) is 4.66. The monoisotopic (exact) mass is 225 g/mol. The molecule has 1 fully saturated rings. The molecule has 2 aromatic rings. The van der Waals surface area contributed by atoms with Crippen molar-refractivity contribution in [1.29, 1.82) is 0 Å². The fourth-order valence-electron chi connectivity index (χ4n) is 2.55. The quantitative estimate of drug-likeness (QED) is 0.739. The van der Waals surface area contributed by atoms with E-state index in [4.69, 9.17) is 0 Å². The summed E-state index contributed by atoms with van der Waals surface area (Å²) in [4.78, 5) is 15.0. The van der Waals surface area contributed by atoms with Crippen molar-refractivity contribution in [2.75, 3.05) is 0 Å². The number of aryl methyl sites for hydroxylation is 1. The van der Waals surface area contributed by atoms with Crippen LogP contribution in [0.3, 0.4) is 0 Å². The highest BCUT2D eigenvalue weighted by Crippen LogP contribution is 2.28. The van der Waals surface area contributed by atoms with Gasteiger partial charge in [-0.15, -0.1) is 0 Å². The lowest BCUT2D eigenvalue weighted by Crippen LogP contribution is -1.91. The Morgan fingerprint density at radius 1 is 1.24 bits per heavy atom. The van der Waals surface area contributed by atoms with E-state index >= 15 is 0 Å². The highest BCUT2D eigenvalue weighted by Gasteiger charge is 2.17. The minimum absolute atomic E-state index is 0.315. The zero-order valence-corrected chi connectivity index (χ0v) is 9.92. The van der Waals surface area contributed by atoms with Crippen LogP contribution in [0, 0.1) is 6.92 Å². The molecule has 0 unspecified atom stereocenters. The van der Waals surface area contributed by atoms with E-state index in [0.29, 0.717) is 12.2 Å². The molecule has 1 heterocycles. The first-order chi connectivity index (χ1) is 8.25. The van der Waals surface area contributed by atoms with E-state index < -0.39 is 0 Å². The third-order valence-electron chi connectivity index (χ3n) is 3.47. The number of allylic oxidation sites excluding steroid dienone is 1. The van der Waals surface area contributed by atoms with Crippen LogP contribution in [0.4, 0.5) is 0 Å². The van der Waals surface area contributed by atoms with E-state index in [1.165, 1.54) is 10.9 Å². The number of H-pyrrole nitrogens is 1. The van der Waals surface area contributed by atoms with Gasteiger partial charge in [0.2, 0.25) is 0 Å². The first kappa shape index (κ1) is 10.3. The van der Waals surface area contributed by atoms with Crippen LogP contribution in [0.25, 0.3) is 17.0 Å². The highest BCUT2D eigenvalue weighted by molar-refractivity contribution is 6.03. The molecule has 2 nitrogen and oxygen atoms in total. The third-order valence-corrected chi connectivity index (χ3v) is 3.47. The number of hydrogen-bond donors (Lipinski definition) is 1. The van der Waals surface area contributed by atoms with Gasteiger partial charge in [0.05, 0.1) is 0 Å². The standard InChI is InChI=1S/C15H15NO/c1-10-13(9-11-5-4-8-15(11)17)12-6-2-3-7-14(12)16-10/h2-3,6-7,9,16H,4-5,8H2,1H3. The Kier molecular flexibility index (Phi) is 2.36. The molecule has 0 saturated heterocycles. The van der Waals surface area contributed by atoms with Gasteiger partial charge in [-0.2, -0.15) is 0 Å². The Bertz CT molecular complexity index is 619. The Hall–Kier alpha value is -1.83. The number of aromatic nitrogens is 1. The molecule has 2 heteroatoms. The van der Waals surface area contributed by atoms with E-state index in [0.717, 1.165) is 29.6 Å². The zero-order valence-electron chi connectivity index (χ0n) is 9.92. The fourth-order valence-corrected chi connectivity index (χ4v) is 2.55. The van der Waals surface area contributed by atoms with Crippen molar-refractivity contribution in [2.45, 2.75) is 26.2 Å². The molecule has 0 aliphatic heterocycles. The molecule has 1 N–H and O–H groups in total. The van der Waals surface area contributed by atoms with Gasteiger partial charge in [-0.25, -0.2) is 0 Å². The lowest BCUT2D eigenvalue weighted by atomic mass is 10.1. The number of carbonyl (C=O) groups excluding carboxylic acids is 1. The van der Waals surface area contributed by atoms with E-state index in [9.17, 15) is 4.79 Å². The molecule has 1 aliphatic rings. The molecule has 1 aromatic heterocycles. The van der Waals surface area contributed by atoms with Gasteiger partial charge < -0.3 is 4.98 Å². The minimum Gasteiger partial charge on any atom is -0.358 e. The van der Waals surface area contributed by atoms with E-state index in [1.807, 2.05) is 12.1 Å². The van der Waals surface area contributed by atoms with Crippen LogP contribution < -0.4 is 0 Å². The number of aromatic amines is 1. The second-order valence-electron chi connectivity index (χ2n) is 4.66. The average Bonchev–Trinajstić information content (AvgIpc) is 2.85. The predicted octanol–water partition coefficient (Wildman–Crippen LogP) is 3.61. The highest BCUT2D eigenvalue weighted by atomic mass is 16.1. The first-order valence-electron chi connectivity index (χ1n) is 6.07. The molecule has 3 rings (SSSR count). The number of benzene rings is 1. The number of fused-ring (bicyclic) bond motifs is 1. The number of Topliss-reactive ketones (excluding diaryl/α,β-unsaturated/α-hetero) is 1. The normalized spacial score (nSPS) is 18.4. The summed E-state index contributed by atoms with van der Waals surface area (Å²) in [6.45, 7) is 2.06. The maximum atomic E-state index is 11.7. The van der Waals surface area contributed by atoms with Gasteiger partial charge in [0.1, 0.15) is 0 Å². The number of carbonyl (C=O) groups is 1. The molecular weight excluding hydrogens is 210 g/mol. The predicted molar refractivity (Wildman–Crippen MR) is 69.9 cm³/mol. The van der Waals surface area contributed by atoms with E-state index in [1.54, 1.807) is 0 Å². The maximum absolute atomic E-state index is 11.7. The van der Waals surface area contributed by atoms with Crippen molar-refractivity contribution in [3.05, 3.63) is 41.1 Å². The molecule has 86 valence electrons. The van der Waals surface area contributed by atoms with Crippen LogP contribution in [-0.4, -0.2) is 10.8 Å². The van der Waals surface area contributed by atoms with Crippen molar-refractivity contribution in [1.82, 2.24) is 4.98 Å². The largest absolute Gasteiger partial charge is 0.358 e. The molecule has 0 bridgehead atoms. The van der Waals surface area contributed by atoms with Gasteiger partial charge in [0.25, 0.3) is 0 Å².